The molecule has 0 fully saturated rings. The number of nitrogens with two attached hydrogens (primary N) is 2. The van der Waals surface area contributed by atoms with Crippen LogP contribution < -0.4 is 27.0 Å². The number of nitrogens with zero attached hydrogens (tertiary/aromatic N) is 3. The molecule has 10 heteroatoms. The second-order valence-electron chi connectivity index (χ2n) is 5.95. The van der Waals surface area contributed by atoms with Crippen molar-refractivity contribution in [1.82, 2.24) is 20.6 Å². The molecule has 7 N–H and O–H groups in total. The average Bonchev–Trinajstić information content (AvgIpc) is 2.55. The van der Waals surface area contributed by atoms with Gasteiger partial charge in [0.2, 0.25) is 0 Å². The molecule has 0 saturated heterocycles. The lowest BCUT2D eigenvalue weighted by Crippen LogP contribution is -2.50. The van der Waals surface area contributed by atoms with Crippen molar-refractivity contribution >= 4 is 23.6 Å². The first kappa shape index (κ1) is 18.9. The molecule has 1 aromatic heterocycles. The predicted octanol–water partition coefficient (Wildman–Crippen LogP) is -0.179. The van der Waals surface area contributed by atoms with Crippen LogP contribution in [0, 0.1) is 0 Å². The number of aliphatic carboxylic acids is 1. The molecule has 0 spiro atoms. The number of carboxylic acid groups (broad SMARTS) is 1. The number of unbranched alkanes of at least 4 members (excludes halogenated alkanes) is 1. The summed E-state index contributed by atoms with van der Waals surface area (Å²) in [5, 5.41) is 15.0. The predicted molar refractivity (Wildman–Crippen MR) is 93.1 cm³/mol. The number of nitrogens with one attached hydrogen (secondary N) is 2. The first-order chi connectivity index (χ1) is 12.0. The van der Waals surface area contributed by atoms with Crippen molar-refractivity contribution in [1.29, 1.82) is 0 Å². The normalized spacial score (nSPS) is 17.8. The Morgan fingerprint density at radius 1 is 1.48 bits per heavy atom. The van der Waals surface area contributed by atoms with E-state index >= 15 is 0 Å². The Morgan fingerprint density at radius 2 is 2.24 bits per heavy atom. The van der Waals surface area contributed by atoms with Crippen LogP contribution in [0.15, 0.2) is 6.33 Å². The highest BCUT2D eigenvalue weighted by Gasteiger charge is 2.31. The molecule has 2 atom stereocenters. The second-order valence-corrected chi connectivity index (χ2v) is 5.95. The summed E-state index contributed by atoms with van der Waals surface area (Å²) in [6.07, 6.45) is 3.31. The van der Waals surface area contributed by atoms with Crippen LogP contribution in [-0.2, 0) is 4.79 Å². The van der Waals surface area contributed by atoms with Gasteiger partial charge in [-0.25, -0.2) is 14.8 Å². The fourth-order valence-electron chi connectivity index (χ4n) is 2.83. The number of anilines is 2. The highest BCUT2D eigenvalue weighted by molar-refractivity contribution is 5.95. The van der Waals surface area contributed by atoms with E-state index in [9.17, 15) is 14.7 Å². The number of hydrogen-bond acceptors (Lipinski definition) is 7. The van der Waals surface area contributed by atoms with Crippen LogP contribution in [0.1, 0.15) is 37.8 Å². The zero-order chi connectivity index (χ0) is 18.4. The van der Waals surface area contributed by atoms with Gasteiger partial charge in [0.1, 0.15) is 24.0 Å². The van der Waals surface area contributed by atoms with Crippen LogP contribution in [0.3, 0.4) is 0 Å². The van der Waals surface area contributed by atoms with Crippen molar-refractivity contribution < 1.29 is 14.7 Å². The smallest absolute Gasteiger partial charge is 0.323 e. The van der Waals surface area contributed by atoms with E-state index in [0.717, 1.165) is 12.8 Å². The molecule has 1 aromatic rings. The molecule has 2 heterocycles. The van der Waals surface area contributed by atoms with Gasteiger partial charge < -0.3 is 27.2 Å². The first-order valence-electron chi connectivity index (χ1n) is 8.30. The van der Waals surface area contributed by atoms with Gasteiger partial charge >= 0.3 is 12.0 Å². The third kappa shape index (κ3) is 4.54. The van der Waals surface area contributed by atoms with Crippen LogP contribution in [-0.4, -0.2) is 52.8 Å². The molecule has 0 bridgehead atoms. The summed E-state index contributed by atoms with van der Waals surface area (Å²) in [7, 11) is 0. The Bertz CT molecular complexity index is 625. The second kappa shape index (κ2) is 8.58. The molecule has 0 aromatic carbocycles. The summed E-state index contributed by atoms with van der Waals surface area (Å²) >= 11 is 0. The van der Waals surface area contributed by atoms with Gasteiger partial charge in [-0.3, -0.25) is 9.69 Å². The molecule has 2 rings (SSSR count). The SMILES string of the molecule is CC1NC(=O)N(CCNC(CCCCN)C(=O)O)c2ncnc(N)c21. The van der Waals surface area contributed by atoms with E-state index in [1.807, 2.05) is 6.92 Å². The molecule has 25 heavy (non-hydrogen) atoms. The summed E-state index contributed by atoms with van der Waals surface area (Å²) in [6, 6.07) is -1.25. The lowest BCUT2D eigenvalue weighted by atomic mass is 10.1. The number of fused-ring (bicyclic) bond motifs is 1. The van der Waals surface area contributed by atoms with E-state index in [1.54, 1.807) is 0 Å². The van der Waals surface area contributed by atoms with Crippen molar-refractivity contribution in [3.63, 3.8) is 0 Å². The van der Waals surface area contributed by atoms with E-state index in [4.69, 9.17) is 11.5 Å². The molecule has 1 aliphatic heterocycles. The fourth-order valence-corrected chi connectivity index (χ4v) is 2.83. The van der Waals surface area contributed by atoms with Crippen molar-refractivity contribution in [2.24, 2.45) is 5.73 Å². The van der Waals surface area contributed by atoms with Crippen molar-refractivity contribution in [3.8, 4) is 0 Å². The highest BCUT2D eigenvalue weighted by atomic mass is 16.4. The number of urea groups is 1. The van der Waals surface area contributed by atoms with Gasteiger partial charge in [-0.1, -0.05) is 6.42 Å². The molecule has 2 amide bonds. The number of amides is 2. The van der Waals surface area contributed by atoms with Crippen LogP contribution in [0.25, 0.3) is 0 Å². The number of carboxylic acids is 1. The Labute approximate surface area is 146 Å². The minimum absolute atomic E-state index is 0.267. The first-order valence-corrected chi connectivity index (χ1v) is 8.30. The quantitative estimate of drug-likeness (QED) is 0.383. The van der Waals surface area contributed by atoms with Gasteiger partial charge in [-0.05, 0) is 26.3 Å². The van der Waals surface area contributed by atoms with Crippen LogP contribution in [0.2, 0.25) is 0 Å². The maximum absolute atomic E-state index is 12.3. The molecule has 0 saturated carbocycles. The highest BCUT2D eigenvalue weighted by Crippen LogP contribution is 2.31. The van der Waals surface area contributed by atoms with Gasteiger partial charge in [0, 0.05) is 13.1 Å². The van der Waals surface area contributed by atoms with Crippen molar-refractivity contribution in [3.05, 3.63) is 11.9 Å². The maximum Gasteiger partial charge on any atom is 0.323 e. The lowest BCUT2D eigenvalue weighted by Gasteiger charge is -2.33. The maximum atomic E-state index is 12.3. The largest absolute Gasteiger partial charge is 0.480 e. The van der Waals surface area contributed by atoms with Gasteiger partial charge in [0.15, 0.2) is 0 Å². The molecule has 138 valence electrons. The van der Waals surface area contributed by atoms with Crippen LogP contribution >= 0.6 is 0 Å². The van der Waals surface area contributed by atoms with Gasteiger partial charge in [-0.2, -0.15) is 0 Å². The van der Waals surface area contributed by atoms with E-state index < -0.39 is 12.0 Å². The van der Waals surface area contributed by atoms with Crippen LogP contribution in [0.4, 0.5) is 16.4 Å². The standard InChI is InChI=1S/C15H25N7O3/c1-9-11-12(17)19-8-20-13(11)22(15(25)21-9)7-6-18-10(14(23)24)4-2-3-5-16/h8-10,18H,2-7,16H2,1H3,(H,21,25)(H,23,24)(H2,17,19,20). The minimum Gasteiger partial charge on any atom is -0.480 e. The zero-order valence-corrected chi connectivity index (χ0v) is 14.2. The third-order valence-electron chi connectivity index (χ3n) is 4.14. The van der Waals surface area contributed by atoms with E-state index in [2.05, 4.69) is 20.6 Å². The number of carbonyl (C=O) groups excluding carboxylic acids is 1. The van der Waals surface area contributed by atoms with Crippen molar-refractivity contribution in [2.75, 3.05) is 30.3 Å². The molecule has 2 unspecified atom stereocenters. The van der Waals surface area contributed by atoms with Crippen molar-refractivity contribution in [2.45, 2.75) is 38.3 Å². The Kier molecular flexibility index (Phi) is 6.48. The van der Waals surface area contributed by atoms with E-state index in [-0.39, 0.29) is 18.6 Å². The summed E-state index contributed by atoms with van der Waals surface area (Å²) in [5.41, 5.74) is 12.0. The van der Waals surface area contributed by atoms with E-state index in [1.165, 1.54) is 11.2 Å². The summed E-state index contributed by atoms with van der Waals surface area (Å²) in [4.78, 5) is 33.1. The molecule has 0 aliphatic carbocycles. The average molecular weight is 351 g/mol. The lowest BCUT2D eigenvalue weighted by molar-refractivity contribution is -0.139. The fraction of sp³-hybridized carbons (Fsp3) is 0.600. The van der Waals surface area contributed by atoms with Gasteiger partial charge in [0.25, 0.3) is 0 Å². The summed E-state index contributed by atoms with van der Waals surface area (Å²) in [6.45, 7) is 2.92. The summed E-state index contributed by atoms with van der Waals surface area (Å²) in [5.74, 6) is -0.137. The third-order valence-corrected chi connectivity index (χ3v) is 4.14. The number of rotatable bonds is 9. The number of aromatic nitrogens is 2. The Morgan fingerprint density at radius 3 is 2.92 bits per heavy atom. The topological polar surface area (TPSA) is 159 Å². The molecule has 0 radical (unpaired) electrons. The summed E-state index contributed by atoms with van der Waals surface area (Å²) < 4.78 is 0. The Balaban J connectivity index is 2.00. The molecular formula is C15H25N7O3. The van der Waals surface area contributed by atoms with E-state index in [0.29, 0.717) is 36.7 Å². The minimum atomic E-state index is -0.916. The Hall–Kier alpha value is -2.46. The zero-order valence-electron chi connectivity index (χ0n) is 14.2. The molecule has 1 aliphatic rings. The molecule has 10 nitrogen and oxygen atoms in total. The van der Waals surface area contributed by atoms with Crippen LogP contribution in [0.5, 0.6) is 0 Å². The molecular weight excluding hydrogens is 326 g/mol. The number of hydrogen-bond donors (Lipinski definition) is 5. The van der Waals surface area contributed by atoms with Gasteiger partial charge in [-0.15, -0.1) is 0 Å². The number of carbonyl (C=O) groups is 2. The number of nitrogen functional groups attached to an aromatic ring is 1. The van der Waals surface area contributed by atoms with Gasteiger partial charge in [0.05, 0.1) is 11.6 Å². The monoisotopic (exact) mass is 351 g/mol.